The van der Waals surface area contributed by atoms with Gasteiger partial charge in [-0.15, -0.1) is 0 Å². The summed E-state index contributed by atoms with van der Waals surface area (Å²) in [4.78, 5) is 0. The van der Waals surface area contributed by atoms with Gasteiger partial charge in [0.05, 0.1) is 0 Å². The van der Waals surface area contributed by atoms with Crippen LogP contribution in [0, 0.1) is 0 Å². The molecule has 0 aromatic heterocycles. The standard InChI is InChI=1S/3C3H7O.Al/c3*1-3(2)4;/h3*4H,1-2H3;. The van der Waals surface area contributed by atoms with E-state index in [0.29, 0.717) is 0 Å². The molecule has 0 aliphatic rings. The lowest BCUT2D eigenvalue weighted by Crippen LogP contribution is -2.66. The lowest BCUT2D eigenvalue weighted by Gasteiger charge is -2.40. The Hall–Kier alpha value is 0.412. The zero-order valence-electron chi connectivity index (χ0n) is 9.42. The molecule has 0 atom stereocenters. The Bertz CT molecular complexity index is 137. The smallest absolute Gasteiger partial charge is 0.396 e. The Balaban J connectivity index is 5.02. The van der Waals surface area contributed by atoms with E-state index in [1.165, 1.54) is 0 Å². The van der Waals surface area contributed by atoms with Gasteiger partial charge in [0, 0.05) is 13.4 Å². The SMILES string of the molecule is C[C](C)(O)[Al]([C](C)(C)O)[C](C)(C)O. The van der Waals surface area contributed by atoms with Crippen molar-refractivity contribution in [3.05, 3.63) is 0 Å². The summed E-state index contributed by atoms with van der Waals surface area (Å²) in [6.45, 7) is 9.92. The van der Waals surface area contributed by atoms with Crippen molar-refractivity contribution in [3.8, 4) is 0 Å². The molecular formula is C9H21AlO3. The van der Waals surface area contributed by atoms with Crippen LogP contribution in [0.25, 0.3) is 0 Å². The van der Waals surface area contributed by atoms with Crippen molar-refractivity contribution in [2.24, 2.45) is 0 Å². The van der Waals surface area contributed by atoms with Gasteiger partial charge in [-0.2, -0.15) is 0 Å². The van der Waals surface area contributed by atoms with Crippen molar-refractivity contribution in [3.63, 3.8) is 0 Å². The summed E-state index contributed by atoms with van der Waals surface area (Å²) < 4.78 is -2.93. The second-order valence-electron chi connectivity index (χ2n) is 5.39. The molecule has 0 amide bonds. The predicted octanol–water partition coefficient (Wildman–Crippen LogP) is 0.412. The van der Waals surface area contributed by atoms with Crippen LogP contribution in [0.4, 0.5) is 0 Å². The predicted molar refractivity (Wildman–Crippen MR) is 54.6 cm³/mol. The normalized spacial score (nSPS) is 14.5. The minimum atomic E-state index is -2.13. The monoisotopic (exact) mass is 204 g/mol. The summed E-state index contributed by atoms with van der Waals surface area (Å²) in [5.41, 5.74) is 0. The number of rotatable bonds is 3. The molecule has 0 aromatic carbocycles. The van der Waals surface area contributed by atoms with Gasteiger partial charge in [0.15, 0.2) is 0 Å². The molecule has 0 aromatic rings. The summed E-state index contributed by atoms with van der Waals surface area (Å²) >= 11 is -2.13. The van der Waals surface area contributed by atoms with E-state index in [1.54, 1.807) is 41.5 Å². The van der Waals surface area contributed by atoms with Crippen LogP contribution >= 0.6 is 0 Å². The van der Waals surface area contributed by atoms with Crippen LogP contribution in [-0.4, -0.2) is 42.9 Å². The van der Waals surface area contributed by atoms with E-state index in [9.17, 15) is 15.3 Å². The van der Waals surface area contributed by atoms with Crippen molar-refractivity contribution in [1.82, 2.24) is 0 Å². The van der Waals surface area contributed by atoms with Crippen LogP contribution in [0.1, 0.15) is 41.5 Å². The van der Waals surface area contributed by atoms with E-state index >= 15 is 0 Å². The first-order valence-electron chi connectivity index (χ1n) is 4.54. The van der Waals surface area contributed by atoms with Gasteiger partial charge in [-0.25, -0.2) is 0 Å². The van der Waals surface area contributed by atoms with Gasteiger partial charge in [-0.3, -0.25) is 0 Å². The minimum Gasteiger partial charge on any atom is -0.405 e. The zero-order valence-corrected chi connectivity index (χ0v) is 10.6. The molecule has 0 heterocycles. The molecule has 0 spiro atoms. The maximum Gasteiger partial charge on any atom is 0.396 e. The highest BCUT2D eigenvalue weighted by molar-refractivity contribution is 6.67. The highest BCUT2D eigenvalue weighted by Crippen LogP contribution is 2.27. The highest BCUT2D eigenvalue weighted by atomic mass is 27.2. The quantitative estimate of drug-likeness (QED) is 0.584. The Labute approximate surface area is 84.8 Å². The van der Waals surface area contributed by atoms with Crippen LogP contribution in [0.2, 0.25) is 0 Å². The third-order valence-corrected chi connectivity index (χ3v) is 6.36. The first kappa shape index (κ1) is 13.4. The largest absolute Gasteiger partial charge is 0.405 e. The van der Waals surface area contributed by atoms with Gasteiger partial charge in [0.2, 0.25) is 0 Å². The van der Waals surface area contributed by atoms with Gasteiger partial charge in [-0.1, -0.05) is 0 Å². The third kappa shape index (κ3) is 3.97. The van der Waals surface area contributed by atoms with Crippen molar-refractivity contribution in [1.29, 1.82) is 0 Å². The van der Waals surface area contributed by atoms with E-state index in [2.05, 4.69) is 0 Å². The number of aliphatic hydroxyl groups is 3. The lowest BCUT2D eigenvalue weighted by molar-refractivity contribution is 0.0675. The summed E-state index contributed by atoms with van der Waals surface area (Å²) in [5, 5.41) is 29.7. The molecule has 0 radical (unpaired) electrons. The Morgan fingerprint density at radius 1 is 0.615 bits per heavy atom. The molecule has 0 rings (SSSR count). The zero-order chi connectivity index (χ0) is 11.1. The third-order valence-electron chi connectivity index (χ3n) is 2.12. The Kier molecular flexibility index (Phi) is 3.64. The lowest BCUT2D eigenvalue weighted by atomic mass is 10.4. The van der Waals surface area contributed by atoms with E-state index < -0.39 is 27.5 Å². The van der Waals surface area contributed by atoms with Crippen molar-refractivity contribution >= 4 is 14.1 Å². The highest BCUT2D eigenvalue weighted by Gasteiger charge is 2.54. The molecule has 0 bridgehead atoms. The summed E-state index contributed by atoms with van der Waals surface area (Å²) in [6.07, 6.45) is 0. The van der Waals surface area contributed by atoms with Crippen LogP contribution in [0.5, 0.6) is 0 Å². The van der Waals surface area contributed by atoms with Gasteiger partial charge in [0.1, 0.15) is 0 Å². The second kappa shape index (κ2) is 3.53. The van der Waals surface area contributed by atoms with Gasteiger partial charge < -0.3 is 15.3 Å². The molecule has 3 nitrogen and oxygen atoms in total. The average Bonchev–Trinajstić information content (AvgIpc) is 1.44. The maximum atomic E-state index is 9.89. The molecule has 13 heavy (non-hydrogen) atoms. The van der Waals surface area contributed by atoms with Gasteiger partial charge in [0.25, 0.3) is 0 Å². The topological polar surface area (TPSA) is 60.7 Å². The second-order valence-corrected chi connectivity index (χ2v) is 10.5. The fourth-order valence-corrected chi connectivity index (χ4v) is 7.78. The molecule has 0 saturated heterocycles. The summed E-state index contributed by atoms with van der Waals surface area (Å²) in [5.74, 6) is 0. The molecule has 0 aliphatic heterocycles. The first-order valence-corrected chi connectivity index (χ1v) is 6.27. The fraction of sp³-hybridized carbons (Fsp3) is 1.00. The Morgan fingerprint density at radius 3 is 0.769 bits per heavy atom. The fourth-order valence-electron chi connectivity index (χ4n) is 2.59. The van der Waals surface area contributed by atoms with E-state index in [-0.39, 0.29) is 0 Å². The molecule has 0 unspecified atom stereocenters. The first-order chi connectivity index (χ1) is 5.37. The van der Waals surface area contributed by atoms with Crippen LogP contribution in [0.3, 0.4) is 0 Å². The summed E-state index contributed by atoms with van der Waals surface area (Å²) in [7, 11) is 0. The van der Waals surface area contributed by atoms with Crippen molar-refractivity contribution in [2.45, 2.75) is 54.9 Å². The van der Waals surface area contributed by atoms with Crippen LogP contribution < -0.4 is 0 Å². The maximum absolute atomic E-state index is 9.89. The van der Waals surface area contributed by atoms with E-state index in [0.717, 1.165) is 0 Å². The van der Waals surface area contributed by atoms with Crippen molar-refractivity contribution in [2.75, 3.05) is 0 Å². The molecule has 78 valence electrons. The molecule has 0 aliphatic carbocycles. The molecule has 3 N–H and O–H groups in total. The van der Waals surface area contributed by atoms with E-state index in [4.69, 9.17) is 0 Å². The van der Waals surface area contributed by atoms with Gasteiger partial charge in [-0.05, 0) is 41.5 Å². The Morgan fingerprint density at radius 2 is 0.769 bits per heavy atom. The molecule has 4 heteroatoms. The van der Waals surface area contributed by atoms with Gasteiger partial charge >= 0.3 is 14.1 Å². The molecule has 0 saturated carbocycles. The average molecular weight is 204 g/mol. The molecular weight excluding hydrogens is 183 g/mol. The number of hydrogen-bond acceptors (Lipinski definition) is 3. The molecule has 0 fully saturated rings. The number of hydrogen-bond donors (Lipinski definition) is 3. The van der Waals surface area contributed by atoms with E-state index in [1.807, 2.05) is 0 Å². The summed E-state index contributed by atoms with van der Waals surface area (Å²) in [6, 6.07) is 0. The minimum absolute atomic E-state index is 0.976. The van der Waals surface area contributed by atoms with Crippen LogP contribution in [-0.2, 0) is 0 Å². The van der Waals surface area contributed by atoms with Crippen molar-refractivity contribution < 1.29 is 15.3 Å². The van der Waals surface area contributed by atoms with Crippen LogP contribution in [0.15, 0.2) is 0 Å².